The lowest BCUT2D eigenvalue weighted by Crippen LogP contribution is -2.16. The molecule has 0 aliphatic rings. The van der Waals surface area contributed by atoms with Crippen LogP contribution in [0.2, 0.25) is 0 Å². The van der Waals surface area contributed by atoms with Crippen LogP contribution in [-0.4, -0.2) is 29.9 Å². The molecule has 0 atom stereocenters. The maximum atomic E-state index is 12.6. The lowest BCUT2D eigenvalue weighted by Gasteiger charge is -2.10. The first-order valence-electron chi connectivity index (χ1n) is 9.33. The SMILES string of the molecule is COc1ccc(/C(N)=N/OCC(=O)c2cc(C)n(Cc3ccccc3)c2C)cc1. The Kier molecular flexibility index (Phi) is 6.34. The molecule has 0 bridgehead atoms. The number of rotatable bonds is 8. The highest BCUT2D eigenvalue weighted by Crippen LogP contribution is 2.18. The molecule has 2 N–H and O–H groups in total. The minimum atomic E-state index is -0.174. The minimum Gasteiger partial charge on any atom is -0.497 e. The number of nitrogens with two attached hydrogens (primary N) is 1. The average Bonchev–Trinajstić information content (AvgIpc) is 3.02. The molecule has 0 amide bonds. The summed E-state index contributed by atoms with van der Waals surface area (Å²) in [7, 11) is 1.60. The monoisotopic (exact) mass is 391 g/mol. The summed E-state index contributed by atoms with van der Waals surface area (Å²) in [6.07, 6.45) is 0. The molecule has 0 spiro atoms. The van der Waals surface area contributed by atoms with E-state index in [9.17, 15) is 4.79 Å². The Balaban J connectivity index is 1.65. The van der Waals surface area contributed by atoms with Crippen LogP contribution in [0.1, 0.15) is 32.9 Å². The molecular weight excluding hydrogens is 366 g/mol. The Morgan fingerprint density at radius 3 is 2.41 bits per heavy atom. The van der Waals surface area contributed by atoms with Gasteiger partial charge in [0.25, 0.3) is 0 Å². The van der Waals surface area contributed by atoms with E-state index in [-0.39, 0.29) is 18.2 Å². The number of nitrogens with zero attached hydrogens (tertiary/aromatic N) is 2. The van der Waals surface area contributed by atoms with Gasteiger partial charge in [-0.3, -0.25) is 4.79 Å². The van der Waals surface area contributed by atoms with Gasteiger partial charge in [-0.15, -0.1) is 0 Å². The number of aryl methyl sites for hydroxylation is 1. The molecule has 0 saturated heterocycles. The molecule has 3 rings (SSSR count). The Morgan fingerprint density at radius 2 is 1.76 bits per heavy atom. The lowest BCUT2D eigenvalue weighted by atomic mass is 10.1. The maximum absolute atomic E-state index is 12.6. The summed E-state index contributed by atoms with van der Waals surface area (Å²) in [5.41, 5.74) is 10.4. The Hall–Kier alpha value is -3.54. The second kappa shape index (κ2) is 9.10. The summed E-state index contributed by atoms with van der Waals surface area (Å²) in [4.78, 5) is 17.8. The highest BCUT2D eigenvalue weighted by molar-refractivity contribution is 5.99. The lowest BCUT2D eigenvalue weighted by molar-refractivity contribution is 0.0775. The number of carbonyl (C=O) groups excluding carboxylic acids is 1. The van der Waals surface area contributed by atoms with Gasteiger partial charge in [-0.05, 0) is 49.7 Å². The van der Waals surface area contributed by atoms with Crippen LogP contribution in [0.5, 0.6) is 5.75 Å². The normalized spacial score (nSPS) is 11.3. The number of aromatic nitrogens is 1. The zero-order chi connectivity index (χ0) is 20.8. The Labute approximate surface area is 170 Å². The first kappa shape index (κ1) is 20.2. The molecule has 1 heterocycles. The summed E-state index contributed by atoms with van der Waals surface area (Å²) in [5.74, 6) is 0.794. The molecule has 3 aromatic rings. The number of methoxy groups -OCH3 is 1. The van der Waals surface area contributed by atoms with Crippen molar-refractivity contribution in [3.05, 3.63) is 88.7 Å². The van der Waals surface area contributed by atoms with Crippen LogP contribution in [0.4, 0.5) is 0 Å². The van der Waals surface area contributed by atoms with Gasteiger partial charge in [-0.2, -0.15) is 0 Å². The third kappa shape index (κ3) is 4.85. The standard InChI is InChI=1S/C23H25N3O3/c1-16-13-21(17(2)26(16)14-18-7-5-4-6-8-18)22(27)15-29-25-23(24)19-9-11-20(28-3)12-10-19/h4-13H,14-15H2,1-3H3,(H2,24,25). The van der Waals surface area contributed by atoms with Crippen molar-refractivity contribution >= 4 is 11.6 Å². The van der Waals surface area contributed by atoms with E-state index < -0.39 is 0 Å². The van der Waals surface area contributed by atoms with Crippen molar-refractivity contribution in [2.45, 2.75) is 20.4 Å². The predicted octanol–water partition coefficient (Wildman–Crippen LogP) is 3.68. The number of oxime groups is 1. The fourth-order valence-electron chi connectivity index (χ4n) is 3.15. The number of carbonyl (C=O) groups is 1. The highest BCUT2D eigenvalue weighted by Gasteiger charge is 2.16. The van der Waals surface area contributed by atoms with Crippen LogP contribution in [0.3, 0.4) is 0 Å². The number of hydrogen-bond acceptors (Lipinski definition) is 4. The van der Waals surface area contributed by atoms with Crippen molar-refractivity contribution in [2.24, 2.45) is 10.9 Å². The van der Waals surface area contributed by atoms with E-state index in [4.69, 9.17) is 15.3 Å². The van der Waals surface area contributed by atoms with Crippen LogP contribution >= 0.6 is 0 Å². The van der Waals surface area contributed by atoms with Gasteiger partial charge in [-0.1, -0.05) is 35.5 Å². The van der Waals surface area contributed by atoms with E-state index in [2.05, 4.69) is 21.9 Å². The molecule has 1 aromatic heterocycles. The van der Waals surface area contributed by atoms with Crippen molar-refractivity contribution in [1.29, 1.82) is 0 Å². The van der Waals surface area contributed by atoms with Crippen LogP contribution in [0.15, 0.2) is 65.8 Å². The molecule has 150 valence electrons. The first-order chi connectivity index (χ1) is 14.0. The molecule has 0 saturated carbocycles. The van der Waals surface area contributed by atoms with Gasteiger partial charge in [0.15, 0.2) is 12.4 Å². The van der Waals surface area contributed by atoms with Gasteiger partial charge in [0.05, 0.1) is 7.11 Å². The topological polar surface area (TPSA) is 78.8 Å². The molecule has 6 heteroatoms. The van der Waals surface area contributed by atoms with Gasteiger partial charge in [0.1, 0.15) is 5.75 Å². The van der Waals surface area contributed by atoms with E-state index in [1.54, 1.807) is 31.4 Å². The number of benzene rings is 2. The third-order valence-electron chi connectivity index (χ3n) is 4.80. The highest BCUT2D eigenvalue weighted by atomic mass is 16.6. The minimum absolute atomic E-state index is 0.135. The van der Waals surface area contributed by atoms with Gasteiger partial charge >= 0.3 is 0 Å². The molecule has 0 radical (unpaired) electrons. The molecule has 6 nitrogen and oxygen atoms in total. The predicted molar refractivity (Wildman–Crippen MR) is 113 cm³/mol. The van der Waals surface area contributed by atoms with E-state index in [1.807, 2.05) is 38.1 Å². The quantitative estimate of drug-likeness (QED) is 0.275. The maximum Gasteiger partial charge on any atom is 0.204 e. The summed E-state index contributed by atoms with van der Waals surface area (Å²) < 4.78 is 7.23. The fraction of sp³-hybridized carbons (Fsp3) is 0.217. The van der Waals surface area contributed by atoms with Crippen LogP contribution < -0.4 is 10.5 Å². The molecule has 0 aliphatic heterocycles. The zero-order valence-electron chi connectivity index (χ0n) is 16.9. The molecule has 0 aliphatic carbocycles. The zero-order valence-corrected chi connectivity index (χ0v) is 16.9. The van der Waals surface area contributed by atoms with Crippen molar-refractivity contribution < 1.29 is 14.4 Å². The largest absolute Gasteiger partial charge is 0.497 e. The molecule has 0 unspecified atom stereocenters. The van der Waals surface area contributed by atoms with E-state index in [0.717, 1.165) is 23.7 Å². The summed E-state index contributed by atoms with van der Waals surface area (Å²) in [6, 6.07) is 19.2. The van der Waals surface area contributed by atoms with Crippen molar-refractivity contribution in [3.8, 4) is 5.75 Å². The van der Waals surface area contributed by atoms with Crippen LogP contribution in [0, 0.1) is 13.8 Å². The second-order valence-electron chi connectivity index (χ2n) is 6.76. The van der Waals surface area contributed by atoms with E-state index in [0.29, 0.717) is 11.1 Å². The molecule has 0 fully saturated rings. The van der Waals surface area contributed by atoms with Gasteiger partial charge in [0, 0.05) is 29.1 Å². The average molecular weight is 391 g/mol. The summed E-state index contributed by atoms with van der Waals surface area (Å²) in [5, 5.41) is 3.87. The van der Waals surface area contributed by atoms with Crippen molar-refractivity contribution in [3.63, 3.8) is 0 Å². The smallest absolute Gasteiger partial charge is 0.204 e. The van der Waals surface area contributed by atoms with E-state index >= 15 is 0 Å². The summed E-state index contributed by atoms with van der Waals surface area (Å²) >= 11 is 0. The Bertz CT molecular complexity index is 1010. The van der Waals surface area contributed by atoms with Crippen molar-refractivity contribution in [1.82, 2.24) is 4.57 Å². The van der Waals surface area contributed by atoms with Crippen LogP contribution in [0.25, 0.3) is 0 Å². The second-order valence-corrected chi connectivity index (χ2v) is 6.76. The number of ketones is 1. The van der Waals surface area contributed by atoms with Gasteiger partial charge in [0.2, 0.25) is 5.78 Å². The number of Topliss-reactive ketones (excluding diaryl/α,β-unsaturated/α-hetero) is 1. The molecule has 2 aromatic carbocycles. The number of hydrogen-bond donors (Lipinski definition) is 1. The van der Waals surface area contributed by atoms with Gasteiger partial charge < -0.3 is 19.9 Å². The van der Waals surface area contributed by atoms with E-state index in [1.165, 1.54) is 5.56 Å². The summed E-state index contributed by atoms with van der Waals surface area (Å²) in [6.45, 7) is 4.48. The first-order valence-corrected chi connectivity index (χ1v) is 9.33. The van der Waals surface area contributed by atoms with Crippen molar-refractivity contribution in [2.75, 3.05) is 13.7 Å². The number of ether oxygens (including phenoxy) is 1. The molecule has 29 heavy (non-hydrogen) atoms. The Morgan fingerprint density at radius 1 is 1.07 bits per heavy atom. The number of amidine groups is 1. The fourth-order valence-corrected chi connectivity index (χ4v) is 3.15. The van der Waals surface area contributed by atoms with Crippen LogP contribution in [-0.2, 0) is 11.4 Å². The van der Waals surface area contributed by atoms with Gasteiger partial charge in [-0.25, -0.2) is 0 Å². The molecular formula is C23H25N3O3. The third-order valence-corrected chi connectivity index (χ3v) is 4.80.